The van der Waals surface area contributed by atoms with Crippen molar-refractivity contribution >= 4 is 11.9 Å². The van der Waals surface area contributed by atoms with Crippen LogP contribution in [0.4, 0.5) is 0 Å². The summed E-state index contributed by atoms with van der Waals surface area (Å²) in [6.07, 6.45) is 0.217. The summed E-state index contributed by atoms with van der Waals surface area (Å²) in [5, 5.41) is 48.9. The zero-order chi connectivity index (χ0) is 21.4. The van der Waals surface area contributed by atoms with E-state index in [-0.39, 0.29) is 30.4 Å². The van der Waals surface area contributed by atoms with E-state index in [1.807, 2.05) is 18.2 Å². The first kappa shape index (κ1) is 22.2. The lowest BCUT2D eigenvalue weighted by atomic mass is 9.88. The van der Waals surface area contributed by atoms with Gasteiger partial charge in [-0.2, -0.15) is 0 Å². The summed E-state index contributed by atoms with van der Waals surface area (Å²) >= 11 is 0. The fourth-order valence-electron chi connectivity index (χ4n) is 3.20. The van der Waals surface area contributed by atoms with Gasteiger partial charge in [0.2, 0.25) is 0 Å². The van der Waals surface area contributed by atoms with Gasteiger partial charge in [-0.05, 0) is 67.3 Å². The molecule has 3 rings (SSSR count). The molecule has 2 aromatic rings. The molecule has 0 bridgehead atoms. The highest BCUT2D eigenvalue weighted by Gasteiger charge is 2.30. The van der Waals surface area contributed by atoms with E-state index < -0.39 is 18.0 Å². The first-order valence-corrected chi connectivity index (χ1v) is 9.32. The van der Waals surface area contributed by atoms with Gasteiger partial charge in [0.15, 0.2) is 0 Å². The number of carbonyl (C=O) groups excluding carboxylic acids is 1. The lowest BCUT2D eigenvalue weighted by Gasteiger charge is -2.27. The van der Waals surface area contributed by atoms with Gasteiger partial charge in [-0.3, -0.25) is 4.79 Å². The molecule has 6 N–H and O–H groups in total. The second-order valence-electron chi connectivity index (χ2n) is 6.84. The maximum atomic E-state index is 10.0. The summed E-state index contributed by atoms with van der Waals surface area (Å²) in [4.78, 5) is 19.7. The van der Waals surface area contributed by atoms with Crippen molar-refractivity contribution in [3.8, 4) is 11.5 Å². The van der Waals surface area contributed by atoms with E-state index in [4.69, 9.17) is 5.11 Å². The molecule has 2 aromatic carbocycles. The average Bonchev–Trinajstić information content (AvgIpc) is 2.67. The van der Waals surface area contributed by atoms with Crippen LogP contribution in [0.3, 0.4) is 0 Å². The highest BCUT2D eigenvalue weighted by Crippen LogP contribution is 2.31. The molecular weight excluding hydrogens is 378 g/mol. The van der Waals surface area contributed by atoms with Crippen molar-refractivity contribution in [2.75, 3.05) is 6.54 Å². The molecule has 0 fully saturated rings. The van der Waals surface area contributed by atoms with Gasteiger partial charge in [0.1, 0.15) is 30.2 Å². The molecule has 1 heterocycles. The lowest BCUT2D eigenvalue weighted by molar-refractivity contribution is -0.697. The molecule has 0 spiro atoms. The standard InChI is InChI=1S/C15H15NO3.C6H10O4/c17-10-3-1-9(2-4-10)15-12-6-5-11(18)7-13(12)14(19)8-16-15;7-5(8)3-1-2-4-6(9)10/h1-7,14-19H,8H2;1-4H2,(H,7,8)(H,9,10). The van der Waals surface area contributed by atoms with E-state index in [0.717, 1.165) is 16.7 Å². The number of aromatic hydroxyl groups is 2. The van der Waals surface area contributed by atoms with Crippen molar-refractivity contribution in [2.45, 2.75) is 37.8 Å². The van der Waals surface area contributed by atoms with Gasteiger partial charge in [-0.1, -0.05) is 0 Å². The molecule has 156 valence electrons. The van der Waals surface area contributed by atoms with Crippen LogP contribution in [-0.4, -0.2) is 38.9 Å². The number of carboxylic acids is 2. The van der Waals surface area contributed by atoms with E-state index in [1.165, 1.54) is 0 Å². The number of phenols is 2. The maximum absolute atomic E-state index is 10.0. The van der Waals surface area contributed by atoms with Gasteiger partial charge in [-0.15, -0.1) is 0 Å². The van der Waals surface area contributed by atoms with Crippen molar-refractivity contribution in [1.29, 1.82) is 0 Å². The lowest BCUT2D eigenvalue weighted by Crippen LogP contribution is -2.88. The molecule has 0 saturated carbocycles. The Morgan fingerprint density at radius 1 is 0.966 bits per heavy atom. The number of unbranched alkanes of at least 4 members (excludes halogenated alkanes) is 1. The molecule has 2 atom stereocenters. The number of aliphatic carboxylic acids is 2. The number of fused-ring (bicyclic) bond motifs is 1. The number of quaternary nitrogens is 1. The predicted molar refractivity (Wildman–Crippen MR) is 101 cm³/mol. The molecule has 1 aliphatic heterocycles. The molecule has 0 amide bonds. The normalized spacial score (nSPS) is 17.6. The first-order chi connectivity index (χ1) is 13.8. The molecule has 0 aliphatic carbocycles. The minimum Gasteiger partial charge on any atom is -0.550 e. The molecule has 8 nitrogen and oxygen atoms in total. The predicted octanol–water partition coefficient (Wildman–Crippen LogP) is 0.179. The number of benzene rings is 2. The Labute approximate surface area is 168 Å². The fourth-order valence-corrected chi connectivity index (χ4v) is 3.20. The number of aliphatic hydroxyl groups is 1. The number of carbonyl (C=O) groups is 2. The van der Waals surface area contributed by atoms with Crippen LogP contribution < -0.4 is 10.4 Å². The van der Waals surface area contributed by atoms with Crippen LogP contribution in [0.1, 0.15) is 54.5 Å². The second-order valence-corrected chi connectivity index (χ2v) is 6.84. The van der Waals surface area contributed by atoms with Crippen LogP contribution in [0.15, 0.2) is 42.5 Å². The van der Waals surface area contributed by atoms with Gasteiger partial charge in [0, 0.05) is 23.5 Å². The molecule has 0 radical (unpaired) electrons. The van der Waals surface area contributed by atoms with Crippen LogP contribution in [0.2, 0.25) is 0 Å². The van der Waals surface area contributed by atoms with Crippen molar-refractivity contribution in [3.05, 3.63) is 59.2 Å². The van der Waals surface area contributed by atoms with Gasteiger partial charge >= 0.3 is 5.97 Å². The summed E-state index contributed by atoms with van der Waals surface area (Å²) in [6, 6.07) is 12.3. The van der Waals surface area contributed by atoms with E-state index in [2.05, 4.69) is 5.32 Å². The Hall–Kier alpha value is -3.10. The van der Waals surface area contributed by atoms with E-state index in [1.54, 1.807) is 24.3 Å². The Balaban J connectivity index is 0.000000257. The van der Waals surface area contributed by atoms with Gasteiger partial charge in [-0.25, -0.2) is 0 Å². The van der Waals surface area contributed by atoms with E-state index in [9.17, 15) is 30.0 Å². The summed E-state index contributed by atoms with van der Waals surface area (Å²) < 4.78 is 0. The summed E-state index contributed by atoms with van der Waals surface area (Å²) in [5.41, 5.74) is 2.85. The third kappa shape index (κ3) is 6.78. The molecule has 1 aliphatic rings. The van der Waals surface area contributed by atoms with Gasteiger partial charge in [0.25, 0.3) is 0 Å². The Morgan fingerprint density at radius 3 is 2.21 bits per heavy atom. The Kier molecular flexibility index (Phi) is 7.99. The summed E-state index contributed by atoms with van der Waals surface area (Å²) in [5.74, 6) is -1.60. The molecule has 0 aromatic heterocycles. The fraction of sp³-hybridized carbons (Fsp3) is 0.333. The highest BCUT2D eigenvalue weighted by atomic mass is 16.4. The molecule has 29 heavy (non-hydrogen) atoms. The minimum absolute atomic E-state index is 0.0350. The van der Waals surface area contributed by atoms with Crippen molar-refractivity contribution in [2.24, 2.45) is 0 Å². The van der Waals surface area contributed by atoms with Crippen molar-refractivity contribution < 1.29 is 40.4 Å². The maximum Gasteiger partial charge on any atom is 0.303 e. The van der Waals surface area contributed by atoms with Crippen LogP contribution in [0, 0.1) is 0 Å². The molecule has 0 saturated heterocycles. The number of hydrogen-bond acceptors (Lipinski definition) is 6. The SMILES string of the molecule is O=C([O-])CCCCC(=O)O.Oc1ccc(C2[NH2+]CC(O)c3cc(O)ccc32)cc1. The number of phenolic OH excluding ortho intramolecular Hbond substituents is 2. The quantitative estimate of drug-likeness (QED) is 0.431. The number of hydrogen-bond donors (Lipinski definition) is 5. The molecular formula is C21H25NO7. The zero-order valence-corrected chi connectivity index (χ0v) is 15.8. The number of aliphatic hydroxyl groups excluding tert-OH is 1. The third-order valence-corrected chi connectivity index (χ3v) is 4.63. The van der Waals surface area contributed by atoms with Gasteiger partial charge < -0.3 is 35.6 Å². The van der Waals surface area contributed by atoms with E-state index in [0.29, 0.717) is 19.4 Å². The average molecular weight is 403 g/mol. The van der Waals surface area contributed by atoms with Gasteiger partial charge in [0.05, 0.1) is 0 Å². The largest absolute Gasteiger partial charge is 0.550 e. The molecule has 8 heteroatoms. The van der Waals surface area contributed by atoms with Crippen LogP contribution in [0.25, 0.3) is 0 Å². The second kappa shape index (κ2) is 10.4. The number of carboxylic acid groups (broad SMARTS) is 2. The minimum atomic E-state index is -1.12. The smallest absolute Gasteiger partial charge is 0.303 e. The monoisotopic (exact) mass is 403 g/mol. The molecule has 2 unspecified atom stereocenters. The first-order valence-electron chi connectivity index (χ1n) is 9.32. The number of nitrogens with two attached hydrogens (primary N) is 1. The summed E-state index contributed by atoms with van der Waals surface area (Å²) in [6.45, 7) is 0.558. The van der Waals surface area contributed by atoms with E-state index >= 15 is 0 Å². The topological polar surface area (TPSA) is 155 Å². The Bertz CT molecular complexity index is 819. The van der Waals surface area contributed by atoms with Crippen molar-refractivity contribution in [1.82, 2.24) is 0 Å². The zero-order valence-electron chi connectivity index (χ0n) is 15.8. The van der Waals surface area contributed by atoms with Crippen LogP contribution in [0.5, 0.6) is 11.5 Å². The van der Waals surface area contributed by atoms with Crippen LogP contribution in [-0.2, 0) is 9.59 Å². The number of rotatable bonds is 6. The van der Waals surface area contributed by atoms with Crippen LogP contribution >= 0.6 is 0 Å². The Morgan fingerprint density at radius 2 is 1.59 bits per heavy atom. The van der Waals surface area contributed by atoms with Crippen molar-refractivity contribution in [3.63, 3.8) is 0 Å². The third-order valence-electron chi connectivity index (χ3n) is 4.63. The summed E-state index contributed by atoms with van der Waals surface area (Å²) in [7, 11) is 0. The highest BCUT2D eigenvalue weighted by molar-refractivity contribution is 5.67.